The quantitative estimate of drug-likeness (QED) is 0.197. The van der Waals surface area contributed by atoms with E-state index in [1.165, 1.54) is 30.3 Å². The van der Waals surface area contributed by atoms with E-state index in [0.29, 0.717) is 11.3 Å². The molecule has 0 bridgehead atoms. The van der Waals surface area contributed by atoms with E-state index in [9.17, 15) is 23.3 Å². The molecule has 0 heterocycles. The summed E-state index contributed by atoms with van der Waals surface area (Å²) in [5.41, 5.74) is 11.0. The van der Waals surface area contributed by atoms with Crippen LogP contribution in [0.3, 0.4) is 0 Å². The number of rotatable bonds is 8. The normalized spacial score (nSPS) is 14.3. The number of hydrogen-bond donors (Lipinski definition) is 4. The number of fused-ring (bicyclic) bond motifs is 1. The number of halogens is 1. The predicted molar refractivity (Wildman–Crippen MR) is 148 cm³/mol. The Morgan fingerprint density at radius 1 is 1.00 bits per heavy atom. The predicted octanol–water partition coefficient (Wildman–Crippen LogP) is 4.11. The molecule has 4 rings (SSSR count). The molecule has 1 aliphatic carbocycles. The Kier molecular flexibility index (Phi) is 8.07. The number of amides is 2. The van der Waals surface area contributed by atoms with Crippen LogP contribution >= 0.6 is 0 Å². The molecule has 1 unspecified atom stereocenters. The van der Waals surface area contributed by atoms with Gasteiger partial charge < -0.3 is 21.5 Å². The molecule has 0 spiro atoms. The first kappa shape index (κ1) is 26.8. The second-order valence-electron chi connectivity index (χ2n) is 8.93. The van der Waals surface area contributed by atoms with Crippen LogP contribution in [0, 0.1) is 5.82 Å². The Morgan fingerprint density at radius 3 is 2.42 bits per heavy atom. The van der Waals surface area contributed by atoms with E-state index in [1.54, 1.807) is 12.3 Å². The number of carbonyl (C=O) groups excluding carboxylic acids is 2. The number of nitrogens with one attached hydrogen (secondary N) is 2. The van der Waals surface area contributed by atoms with Gasteiger partial charge in [-0.25, -0.2) is 4.39 Å². The minimum absolute atomic E-state index is 0.0390. The maximum Gasteiger partial charge on any atom is 0.255 e. The largest absolute Gasteiger partial charge is 0.507 e. The second-order valence-corrected chi connectivity index (χ2v) is 10.3. The van der Waals surface area contributed by atoms with Gasteiger partial charge in [0.2, 0.25) is 5.91 Å². The number of benzene rings is 3. The fourth-order valence-electron chi connectivity index (χ4n) is 4.34. The van der Waals surface area contributed by atoms with Crippen molar-refractivity contribution in [2.75, 3.05) is 25.1 Å². The number of carbonyl (C=O) groups is 2. The van der Waals surface area contributed by atoms with Crippen molar-refractivity contribution in [1.82, 2.24) is 10.6 Å². The first-order valence-electron chi connectivity index (χ1n) is 11.9. The molecular weight excluding hydrogens is 505 g/mol. The van der Waals surface area contributed by atoms with Gasteiger partial charge in [0.05, 0.1) is 12.0 Å². The Labute approximate surface area is 222 Å². The van der Waals surface area contributed by atoms with Gasteiger partial charge >= 0.3 is 0 Å². The average molecular weight is 534 g/mol. The summed E-state index contributed by atoms with van der Waals surface area (Å²) in [7, 11) is -1.07. The third kappa shape index (κ3) is 6.00. The second kappa shape index (κ2) is 11.4. The molecule has 38 heavy (non-hydrogen) atoms. The summed E-state index contributed by atoms with van der Waals surface area (Å²) in [6.45, 7) is 2.22. The molecule has 0 radical (unpaired) electrons. The summed E-state index contributed by atoms with van der Waals surface area (Å²) < 4.78 is 25.8. The van der Waals surface area contributed by atoms with Gasteiger partial charge in [0.15, 0.2) is 0 Å². The third-order valence-corrected chi connectivity index (χ3v) is 7.25. The third-order valence-electron chi connectivity index (χ3n) is 6.31. The maximum absolute atomic E-state index is 14.2. The average Bonchev–Trinajstić information content (AvgIpc) is 3.13. The molecule has 0 saturated heterocycles. The van der Waals surface area contributed by atoms with E-state index >= 15 is 0 Å². The Morgan fingerprint density at radius 2 is 1.71 bits per heavy atom. The van der Waals surface area contributed by atoms with Crippen molar-refractivity contribution in [1.29, 1.82) is 0 Å². The zero-order chi connectivity index (χ0) is 27.4. The van der Waals surface area contributed by atoms with E-state index in [4.69, 9.17) is 5.73 Å². The Bertz CT molecular complexity index is 1500. The number of hydrogen-bond acceptors (Lipinski definition) is 5. The van der Waals surface area contributed by atoms with Crippen molar-refractivity contribution < 1.29 is 23.3 Å². The lowest BCUT2D eigenvalue weighted by atomic mass is 10.0. The number of phenols is 1. The van der Waals surface area contributed by atoms with Gasteiger partial charge in [0.1, 0.15) is 11.6 Å². The molecule has 2 amide bonds. The van der Waals surface area contributed by atoms with Crippen LogP contribution in [0.25, 0.3) is 17.2 Å². The molecule has 5 N–H and O–H groups in total. The zero-order valence-corrected chi connectivity index (χ0v) is 21.8. The Balaban J connectivity index is 1.44. The highest BCUT2D eigenvalue weighted by Crippen LogP contribution is 2.43. The van der Waals surface area contributed by atoms with E-state index in [0.717, 1.165) is 32.7 Å². The van der Waals surface area contributed by atoms with Crippen LogP contribution in [0.15, 0.2) is 71.1 Å². The van der Waals surface area contributed by atoms with Crippen LogP contribution in [0.2, 0.25) is 0 Å². The summed E-state index contributed by atoms with van der Waals surface area (Å²) in [4.78, 5) is 25.8. The molecule has 3 aromatic carbocycles. The van der Waals surface area contributed by atoms with Crippen molar-refractivity contribution in [3.63, 3.8) is 0 Å². The summed E-state index contributed by atoms with van der Waals surface area (Å²) >= 11 is 0. The molecule has 196 valence electrons. The lowest BCUT2D eigenvalue weighted by Gasteiger charge is -2.10. The topological polar surface area (TPSA) is 122 Å². The van der Waals surface area contributed by atoms with Crippen LogP contribution in [0.5, 0.6) is 5.75 Å². The van der Waals surface area contributed by atoms with Crippen LogP contribution in [-0.2, 0) is 15.6 Å². The zero-order valence-electron chi connectivity index (χ0n) is 21.0. The molecule has 0 aromatic heterocycles. The molecule has 7 nitrogen and oxygen atoms in total. The van der Waals surface area contributed by atoms with Gasteiger partial charge in [-0.15, -0.1) is 0 Å². The molecule has 3 aromatic rings. The van der Waals surface area contributed by atoms with Crippen molar-refractivity contribution in [2.24, 2.45) is 0 Å². The van der Waals surface area contributed by atoms with E-state index in [2.05, 4.69) is 10.6 Å². The minimum Gasteiger partial charge on any atom is -0.507 e. The number of nitrogens with two attached hydrogens (primary N) is 1. The monoisotopic (exact) mass is 533 g/mol. The standard InChI is InChI=1S/C29H28FN3O4S/c1-17-23(13-18-3-7-21(8-4-18)38(2)37)22-9-5-19(30)14-25(22)24(17)16-28(35)32-11-12-33-29(36)26-15-20(31)6-10-27(26)34/h3-10,13-15,34H,11-12,16,31H2,1-2H3,(H,32,35)(H,33,36). The van der Waals surface area contributed by atoms with Gasteiger partial charge in [-0.1, -0.05) is 18.2 Å². The number of phenolic OH excluding ortho intramolecular Hbond substituents is 1. The first-order chi connectivity index (χ1) is 18.1. The highest BCUT2D eigenvalue weighted by atomic mass is 32.2. The van der Waals surface area contributed by atoms with Crippen LogP contribution in [-0.4, -0.2) is 40.5 Å². The van der Waals surface area contributed by atoms with Gasteiger partial charge in [-0.3, -0.25) is 13.8 Å². The van der Waals surface area contributed by atoms with E-state index < -0.39 is 22.5 Å². The highest BCUT2D eigenvalue weighted by molar-refractivity contribution is 7.84. The number of nitrogen functional groups attached to an aromatic ring is 1. The molecule has 9 heteroatoms. The minimum atomic E-state index is -1.07. The van der Waals surface area contributed by atoms with Gasteiger partial charge in [0.25, 0.3) is 5.91 Å². The fraction of sp³-hybridized carbons (Fsp3) is 0.172. The smallest absolute Gasteiger partial charge is 0.255 e. The van der Waals surface area contributed by atoms with Crippen LogP contribution < -0.4 is 16.4 Å². The summed E-state index contributed by atoms with van der Waals surface area (Å²) in [5.74, 6) is -1.35. The SMILES string of the molecule is CC1=C(CC(=O)NCCNC(=O)c2cc(N)ccc2O)c2cc(F)ccc2C1=Cc1ccc(S(C)=O)cc1. The van der Waals surface area contributed by atoms with Crippen LogP contribution in [0.1, 0.15) is 40.4 Å². The fourth-order valence-corrected chi connectivity index (χ4v) is 4.85. The molecule has 0 fully saturated rings. The summed E-state index contributed by atoms with van der Waals surface area (Å²) in [6, 6.07) is 16.1. The highest BCUT2D eigenvalue weighted by Gasteiger charge is 2.25. The number of aromatic hydroxyl groups is 1. The molecular formula is C29H28FN3O4S. The number of anilines is 1. The van der Waals surface area contributed by atoms with Gasteiger partial charge in [-0.2, -0.15) is 0 Å². The van der Waals surface area contributed by atoms with E-state index in [-0.39, 0.29) is 36.7 Å². The lowest BCUT2D eigenvalue weighted by Crippen LogP contribution is -2.34. The first-order valence-corrected chi connectivity index (χ1v) is 13.5. The van der Waals surface area contributed by atoms with Gasteiger partial charge in [-0.05, 0) is 88.9 Å². The number of allylic oxidation sites excluding steroid dienone is 2. The molecule has 0 aliphatic heterocycles. The maximum atomic E-state index is 14.2. The molecule has 0 saturated carbocycles. The van der Waals surface area contributed by atoms with Crippen molar-refractivity contribution in [2.45, 2.75) is 18.2 Å². The Hall–Kier alpha value is -4.24. The van der Waals surface area contributed by atoms with Gasteiger partial charge in [0, 0.05) is 40.7 Å². The van der Waals surface area contributed by atoms with Crippen molar-refractivity contribution in [3.8, 4) is 5.75 Å². The van der Waals surface area contributed by atoms with E-state index in [1.807, 2.05) is 37.3 Å². The van der Waals surface area contributed by atoms with Crippen molar-refractivity contribution >= 4 is 45.5 Å². The summed E-state index contributed by atoms with van der Waals surface area (Å²) in [5, 5.41) is 15.3. The lowest BCUT2D eigenvalue weighted by molar-refractivity contribution is -0.120. The molecule has 1 atom stereocenters. The van der Waals surface area contributed by atoms with Crippen molar-refractivity contribution in [3.05, 3.63) is 94.3 Å². The molecule has 1 aliphatic rings. The van der Waals surface area contributed by atoms with Crippen LogP contribution in [0.4, 0.5) is 10.1 Å². The summed E-state index contributed by atoms with van der Waals surface area (Å²) in [6.07, 6.45) is 3.63.